The Morgan fingerprint density at radius 2 is 1.95 bits per heavy atom. The quantitative estimate of drug-likeness (QED) is 0.781. The van der Waals surface area contributed by atoms with Crippen LogP contribution in [-0.2, 0) is 0 Å². The van der Waals surface area contributed by atoms with Crippen LogP contribution in [0.4, 0.5) is 10.1 Å². The molecule has 4 nitrogen and oxygen atoms in total. The molecule has 1 aliphatic heterocycles. The number of hydrogen-bond acceptors (Lipinski definition) is 3. The standard InChI is InChI=1S/C12H14BrFN4S/c1-17-2-4-18(5-3-17)11-7(14)6-8-10(9(11)13)16-12(19)15-8/h6H,2-5H2,1H3,(H2,15,16,19). The van der Waals surface area contributed by atoms with Crippen molar-refractivity contribution in [2.75, 3.05) is 38.1 Å². The normalized spacial score (nSPS) is 17.3. The van der Waals surface area contributed by atoms with Gasteiger partial charge in [0.25, 0.3) is 0 Å². The van der Waals surface area contributed by atoms with Gasteiger partial charge in [-0.3, -0.25) is 0 Å². The fourth-order valence-electron chi connectivity index (χ4n) is 2.42. The van der Waals surface area contributed by atoms with Crippen LogP contribution in [0.1, 0.15) is 0 Å². The average molecular weight is 345 g/mol. The fraction of sp³-hybridized carbons (Fsp3) is 0.417. The van der Waals surface area contributed by atoms with E-state index in [1.54, 1.807) is 0 Å². The Hall–Kier alpha value is -0.920. The topological polar surface area (TPSA) is 38.1 Å². The Morgan fingerprint density at radius 1 is 1.26 bits per heavy atom. The molecule has 19 heavy (non-hydrogen) atoms. The number of H-pyrrole nitrogens is 2. The third-order valence-corrected chi connectivity index (χ3v) is 4.48. The summed E-state index contributed by atoms with van der Waals surface area (Å²) in [5.74, 6) is -0.228. The molecule has 7 heteroatoms. The summed E-state index contributed by atoms with van der Waals surface area (Å²) < 4.78 is 15.6. The summed E-state index contributed by atoms with van der Waals surface area (Å²) in [6, 6.07) is 1.50. The highest BCUT2D eigenvalue weighted by Crippen LogP contribution is 2.35. The molecule has 2 heterocycles. The average Bonchev–Trinajstić information content (AvgIpc) is 2.72. The summed E-state index contributed by atoms with van der Waals surface area (Å²) >= 11 is 8.56. The molecule has 2 N–H and O–H groups in total. The predicted octanol–water partition coefficient (Wildman–Crippen LogP) is 2.88. The van der Waals surface area contributed by atoms with Gasteiger partial charge in [-0.15, -0.1) is 0 Å². The van der Waals surface area contributed by atoms with Crippen molar-refractivity contribution in [1.29, 1.82) is 0 Å². The fourth-order valence-corrected chi connectivity index (χ4v) is 3.38. The zero-order valence-corrected chi connectivity index (χ0v) is 12.9. The van der Waals surface area contributed by atoms with E-state index in [-0.39, 0.29) is 5.82 Å². The summed E-state index contributed by atoms with van der Waals surface area (Å²) in [5.41, 5.74) is 2.12. The molecule has 0 bridgehead atoms. The maximum atomic E-state index is 14.3. The highest BCUT2D eigenvalue weighted by Gasteiger charge is 2.22. The molecule has 0 aliphatic carbocycles. The second kappa shape index (κ2) is 4.88. The first-order chi connectivity index (χ1) is 9.06. The van der Waals surface area contributed by atoms with E-state index in [0.717, 1.165) is 36.2 Å². The first kappa shape index (κ1) is 13.1. The van der Waals surface area contributed by atoms with Crippen molar-refractivity contribution in [2.45, 2.75) is 0 Å². The minimum absolute atomic E-state index is 0.228. The molecule has 1 fully saturated rings. The van der Waals surface area contributed by atoms with E-state index in [2.05, 4.69) is 42.7 Å². The predicted molar refractivity (Wildman–Crippen MR) is 80.9 cm³/mol. The highest BCUT2D eigenvalue weighted by molar-refractivity contribution is 9.10. The summed E-state index contributed by atoms with van der Waals surface area (Å²) in [4.78, 5) is 10.3. The van der Waals surface area contributed by atoms with Crippen molar-refractivity contribution in [3.63, 3.8) is 0 Å². The van der Waals surface area contributed by atoms with Gasteiger partial charge in [-0.05, 0) is 35.2 Å². The van der Waals surface area contributed by atoms with E-state index in [1.165, 1.54) is 6.07 Å². The van der Waals surface area contributed by atoms with Crippen LogP contribution in [0.5, 0.6) is 0 Å². The first-order valence-corrected chi connectivity index (χ1v) is 7.30. The van der Waals surface area contributed by atoms with Gasteiger partial charge in [-0.25, -0.2) is 4.39 Å². The highest BCUT2D eigenvalue weighted by atomic mass is 79.9. The second-order valence-electron chi connectivity index (χ2n) is 4.81. The van der Waals surface area contributed by atoms with E-state index in [1.807, 2.05) is 0 Å². The lowest BCUT2D eigenvalue weighted by Crippen LogP contribution is -2.45. The lowest BCUT2D eigenvalue weighted by molar-refractivity contribution is 0.311. The van der Waals surface area contributed by atoms with Gasteiger partial charge in [0.05, 0.1) is 21.2 Å². The molecule has 0 saturated carbocycles. The van der Waals surface area contributed by atoms with Crippen molar-refractivity contribution < 1.29 is 4.39 Å². The number of piperazine rings is 1. The SMILES string of the molecule is CN1CCN(c2c(F)cc3[nH]c(=S)[nH]c3c2Br)CC1. The number of benzene rings is 1. The molecule has 102 valence electrons. The van der Waals surface area contributed by atoms with Gasteiger partial charge in [0, 0.05) is 32.2 Å². The van der Waals surface area contributed by atoms with Crippen molar-refractivity contribution in [3.05, 3.63) is 21.1 Å². The largest absolute Gasteiger partial charge is 0.366 e. The van der Waals surface area contributed by atoms with Gasteiger partial charge in [0.2, 0.25) is 0 Å². The number of fused-ring (bicyclic) bond motifs is 1. The van der Waals surface area contributed by atoms with Crippen LogP contribution in [0.3, 0.4) is 0 Å². The van der Waals surface area contributed by atoms with E-state index >= 15 is 0 Å². The van der Waals surface area contributed by atoms with Gasteiger partial charge in [0.1, 0.15) is 5.82 Å². The third-order valence-electron chi connectivity index (χ3n) is 3.50. The monoisotopic (exact) mass is 344 g/mol. The van der Waals surface area contributed by atoms with Gasteiger partial charge in [-0.2, -0.15) is 0 Å². The van der Waals surface area contributed by atoms with Crippen LogP contribution in [0.15, 0.2) is 10.5 Å². The van der Waals surface area contributed by atoms with Gasteiger partial charge < -0.3 is 19.8 Å². The summed E-state index contributed by atoms with van der Waals surface area (Å²) in [6.45, 7) is 3.52. The van der Waals surface area contributed by atoms with E-state index in [9.17, 15) is 4.39 Å². The Bertz CT molecular complexity index is 672. The molecule has 1 aromatic carbocycles. The number of nitrogens with zero attached hydrogens (tertiary/aromatic N) is 2. The van der Waals surface area contributed by atoms with E-state index in [0.29, 0.717) is 16.0 Å². The zero-order chi connectivity index (χ0) is 13.6. The second-order valence-corrected chi connectivity index (χ2v) is 6.01. The number of nitrogens with one attached hydrogen (secondary N) is 2. The van der Waals surface area contributed by atoms with Gasteiger partial charge >= 0.3 is 0 Å². The number of imidazole rings is 1. The molecule has 0 radical (unpaired) electrons. The maximum Gasteiger partial charge on any atom is 0.175 e. The molecule has 0 unspecified atom stereocenters. The number of anilines is 1. The molecule has 1 aromatic heterocycles. The van der Waals surface area contributed by atoms with Gasteiger partial charge in [-0.1, -0.05) is 0 Å². The lowest BCUT2D eigenvalue weighted by atomic mass is 10.2. The molecular weight excluding hydrogens is 331 g/mol. The van der Waals surface area contributed by atoms with Gasteiger partial charge in [0.15, 0.2) is 4.77 Å². The first-order valence-electron chi connectivity index (χ1n) is 6.10. The van der Waals surface area contributed by atoms with Crippen molar-refractivity contribution >= 4 is 44.9 Å². The summed E-state index contributed by atoms with van der Waals surface area (Å²) in [7, 11) is 2.08. The Morgan fingerprint density at radius 3 is 2.63 bits per heavy atom. The van der Waals surface area contributed by atoms with Crippen LogP contribution >= 0.6 is 28.1 Å². The molecule has 1 aliphatic rings. The lowest BCUT2D eigenvalue weighted by Gasteiger charge is -2.34. The molecule has 0 spiro atoms. The van der Waals surface area contributed by atoms with Crippen molar-refractivity contribution in [3.8, 4) is 0 Å². The number of aromatic amines is 2. The van der Waals surface area contributed by atoms with Crippen LogP contribution in [0, 0.1) is 10.6 Å². The Balaban J connectivity index is 2.10. The molecule has 3 rings (SSSR count). The number of hydrogen-bond donors (Lipinski definition) is 2. The Kier molecular flexibility index (Phi) is 3.36. The maximum absolute atomic E-state index is 14.3. The van der Waals surface area contributed by atoms with Crippen molar-refractivity contribution in [1.82, 2.24) is 14.9 Å². The van der Waals surface area contributed by atoms with Crippen molar-refractivity contribution in [2.24, 2.45) is 0 Å². The van der Waals surface area contributed by atoms with E-state index in [4.69, 9.17) is 12.2 Å². The van der Waals surface area contributed by atoms with Crippen LogP contribution in [0.25, 0.3) is 11.0 Å². The van der Waals surface area contributed by atoms with E-state index < -0.39 is 0 Å². The number of halogens is 2. The smallest absolute Gasteiger partial charge is 0.175 e. The summed E-state index contributed by atoms with van der Waals surface area (Å²) in [6.07, 6.45) is 0. The molecule has 1 saturated heterocycles. The molecule has 0 amide bonds. The minimum atomic E-state index is -0.228. The van der Waals surface area contributed by atoms with Crippen LogP contribution in [-0.4, -0.2) is 48.1 Å². The molecular formula is C12H14BrFN4S. The Labute approximate surface area is 123 Å². The number of aromatic nitrogens is 2. The molecule has 0 atom stereocenters. The number of rotatable bonds is 1. The minimum Gasteiger partial charge on any atom is -0.366 e. The van der Waals surface area contributed by atoms with Crippen LogP contribution in [0.2, 0.25) is 0 Å². The number of likely N-dealkylation sites (N-methyl/N-ethyl adjacent to an activating group) is 1. The third kappa shape index (κ3) is 2.30. The molecule has 2 aromatic rings. The zero-order valence-electron chi connectivity index (χ0n) is 10.5. The summed E-state index contributed by atoms with van der Waals surface area (Å²) in [5, 5.41) is 0. The van der Waals surface area contributed by atoms with Crippen LogP contribution < -0.4 is 4.90 Å².